The molecule has 47 heavy (non-hydrogen) atoms. The molecule has 22 radical (unpaired) electrons. The SMILES string of the molecule is [Br-].[Br-].[Br-].[Br-].[Br-].[Br-].[Br-].[Br-].[Br-].[Br-].[Br-].[Br-].[Br-].[Br-].[Br-].[Br-].[Br-].[Br-].[Br-].[Br-].[Br-].[Br-].[Br-].[Br-].[Br-].[Br-].[Br-].[Br-].[Br-].[Br-].[Br-].[Br-].[Br-].[Br-].[CH3][Mg+].[N+3].[N+3].[N+3].[N+3].[N+3].[N+3].[N+3].[N+3].[N+3].[N+3].[N+3]. The first kappa shape index (κ1) is 985. The smallest absolute Gasteiger partial charge is 3.00 e. The second-order valence-corrected chi connectivity index (χ2v) is 0. The van der Waals surface area contributed by atoms with Crippen LogP contribution in [0.2, 0.25) is 5.05 Å². The zero-order valence-corrected chi connectivity index (χ0v) is 74.8. The van der Waals surface area contributed by atoms with Crippen LogP contribution in [0.1, 0.15) is 0 Å². The summed E-state index contributed by atoms with van der Waals surface area (Å²) < 4.78 is 0. The van der Waals surface area contributed by atoms with Crippen LogP contribution in [0, 0.1) is 0 Å². The van der Waals surface area contributed by atoms with E-state index in [0.717, 1.165) is 0 Å². The van der Waals surface area contributed by atoms with Crippen molar-refractivity contribution in [2.75, 3.05) is 0 Å². The van der Waals surface area contributed by atoms with Gasteiger partial charge in [-0.2, -0.15) is 0 Å². The van der Waals surface area contributed by atoms with Crippen molar-refractivity contribution in [1.29, 1.82) is 0 Å². The van der Waals surface area contributed by atoms with Crippen LogP contribution in [0.25, 0.3) is 0 Å². The van der Waals surface area contributed by atoms with Gasteiger partial charge in [-0.3, -0.25) is 0 Å². The number of halogens is 34. The van der Waals surface area contributed by atoms with E-state index >= 15 is 0 Å². The molecule has 0 rings (SSSR count). The van der Waals surface area contributed by atoms with E-state index in [4.69, 9.17) is 0 Å². The summed E-state index contributed by atoms with van der Waals surface area (Å²) in [6, 6.07) is 0. The molecular formula is CH3Br34MgN11. The van der Waals surface area contributed by atoms with Crippen molar-refractivity contribution in [2.24, 2.45) is 0 Å². The molecule has 0 bridgehead atoms. The van der Waals surface area contributed by atoms with Gasteiger partial charge in [-0.1, -0.05) is 0 Å². The van der Waals surface area contributed by atoms with Crippen LogP contribution in [-0.4, -0.2) is 21.7 Å². The standard InChI is InChI=1S/CH3.34BrH.Mg.11N/h1H3;34*1H;;;;;;;;;;;;/q;;;;;;;;;;;;;;;;;;;;;;;;;;;;;;;;;;;+1;11*+3/p-34. The van der Waals surface area contributed by atoms with E-state index in [1.54, 1.807) is 0 Å². The van der Waals surface area contributed by atoms with Gasteiger partial charge >= 0.3 is 94.4 Å². The van der Waals surface area contributed by atoms with Gasteiger partial charge in [0.25, 0.3) is 0 Å². The van der Waals surface area contributed by atoms with Gasteiger partial charge in [0.15, 0.2) is 0 Å². The minimum absolute atomic E-state index is 0. The molecule has 0 aromatic rings. The maximum atomic E-state index is 2.03. The van der Waals surface area contributed by atoms with Crippen LogP contribution in [0.5, 0.6) is 0 Å². The van der Waals surface area contributed by atoms with E-state index in [9.17, 15) is 0 Å². The average molecular weight is 2910 g/mol. The molecular weight excluding hydrogens is 2910 g/mol. The first-order valence-electron chi connectivity index (χ1n) is 0.707. The number of nitrogens with zero attached hydrogens (tertiary/aromatic N) is 11. The third-order valence-electron chi connectivity index (χ3n) is 0. The predicted octanol–water partition coefficient (Wildman–Crippen LogP) is -107. The molecule has 46 heteroatoms. The van der Waals surface area contributed by atoms with Crippen LogP contribution in [-0.2, 0) is 0 Å². The fourth-order valence-corrected chi connectivity index (χ4v) is 0. The molecule has 0 saturated heterocycles. The fraction of sp³-hybridized carbons (Fsp3) is 1.00. The monoisotopic (exact) mass is 2880 g/mol. The van der Waals surface area contributed by atoms with E-state index < -0.39 is 0 Å². The topological polar surface area (TPSA) is 336 Å². The maximum Gasteiger partial charge on any atom is 3.00 e. The van der Waals surface area contributed by atoms with Crippen molar-refractivity contribution in [3.05, 3.63) is 0 Å². The Bertz CT molecular complexity index is 50.0. The van der Waals surface area contributed by atoms with Gasteiger partial charge in [0, 0.05) is 0 Å². The second-order valence-electron chi connectivity index (χ2n) is 0. The molecule has 0 saturated carbocycles. The zero-order valence-electron chi connectivity index (χ0n) is 19.5. The molecule has 0 fully saturated rings. The van der Waals surface area contributed by atoms with Crippen LogP contribution in [0.3, 0.4) is 0 Å². The zero-order chi connectivity index (χ0) is 2.00. The van der Waals surface area contributed by atoms with E-state index in [1.807, 2.05) is 26.8 Å². The third-order valence-corrected chi connectivity index (χ3v) is 0. The normalized spacial score (nSPS) is 0.149. The first-order valence-corrected chi connectivity index (χ1v) is 2.12. The summed E-state index contributed by atoms with van der Waals surface area (Å²) in [4.78, 5) is 0. The summed E-state index contributed by atoms with van der Waals surface area (Å²) in [5.74, 6) is 0. The van der Waals surface area contributed by atoms with E-state index in [-0.39, 0.29) is 645 Å². The number of rotatable bonds is 0. The Morgan fingerprint density at radius 2 is 0.106 bits per heavy atom. The van der Waals surface area contributed by atoms with Crippen LogP contribution < -0.4 is 645 Å². The summed E-state index contributed by atoms with van der Waals surface area (Å²) in [5, 5.41) is 2.03. The van der Waals surface area contributed by atoms with Crippen LogP contribution in [0.4, 0.5) is 0 Å². The summed E-state index contributed by atoms with van der Waals surface area (Å²) in [7, 11) is 0. The summed E-state index contributed by atoms with van der Waals surface area (Å²) in [6.45, 7) is 0. The molecule has 0 unspecified atom stereocenters. The van der Waals surface area contributed by atoms with Gasteiger partial charge in [-0.25, -0.2) is 0 Å². The first-order chi connectivity index (χ1) is 1.00. The van der Waals surface area contributed by atoms with E-state index in [2.05, 4.69) is 0 Å². The molecule has 0 N–H and O–H groups in total. The van der Waals surface area contributed by atoms with E-state index in [0.29, 0.717) is 0 Å². The number of hydrogen-bond donors (Lipinski definition) is 0. The fourth-order valence-electron chi connectivity index (χ4n) is 0. The molecule has 0 aliphatic rings. The third kappa shape index (κ3) is 1040. The van der Waals surface area contributed by atoms with Gasteiger partial charge in [0.2, 0.25) is 0 Å². The molecule has 11 nitrogen and oxygen atoms in total. The van der Waals surface area contributed by atoms with Gasteiger partial charge in [-0.05, 0) is 0 Å². The molecule has 0 spiro atoms. The van der Waals surface area contributed by atoms with Crippen molar-refractivity contribution < 1.29 is 577 Å². The second kappa shape index (κ2) is 1080. The van der Waals surface area contributed by atoms with Crippen LogP contribution in [0.15, 0.2) is 0 Å². The quantitative estimate of drug-likeness (QED) is 0.204. The van der Waals surface area contributed by atoms with E-state index in [1.165, 1.54) is 0 Å². The Morgan fingerprint density at radius 3 is 0.106 bits per heavy atom. The Labute approximate surface area is 656 Å². The van der Waals surface area contributed by atoms with Crippen LogP contribution >= 0.6 is 0 Å². The maximum absolute atomic E-state index is 2.03. The Kier molecular flexibility index (Phi) is 22500. The predicted molar refractivity (Wildman–Crippen MR) is 35.1 cm³/mol. The molecule has 0 aliphatic heterocycles. The minimum atomic E-state index is 0. The van der Waals surface area contributed by atoms with Gasteiger partial charge < -0.3 is 577 Å². The molecule has 0 aromatic carbocycles. The van der Waals surface area contributed by atoms with Crippen molar-refractivity contribution in [3.63, 3.8) is 0 Å². The average Bonchev–Trinajstić information content (AvgIpc) is 1.00. The summed E-state index contributed by atoms with van der Waals surface area (Å²) in [6.07, 6.45) is 0. The Balaban J connectivity index is -0.00000000000505. The largest absolute Gasteiger partial charge is 3.00 e. The molecule has 302 valence electrons. The van der Waals surface area contributed by atoms with Crippen molar-refractivity contribution >= 4 is 21.7 Å². The molecule has 0 atom stereocenters. The van der Waals surface area contributed by atoms with Gasteiger partial charge in [-0.15, -0.1) is 0 Å². The molecule has 0 aliphatic carbocycles. The van der Waals surface area contributed by atoms with Gasteiger partial charge in [0.05, 0.1) is 0 Å². The van der Waals surface area contributed by atoms with Gasteiger partial charge in [0.1, 0.15) is 0 Å². The Hall–Kier alpha value is 13.9. The summed E-state index contributed by atoms with van der Waals surface area (Å²) in [5.41, 5.74) is 0. The van der Waals surface area contributed by atoms with Crippen molar-refractivity contribution in [1.82, 2.24) is 67.7 Å². The molecule has 0 aromatic heterocycles. The Morgan fingerprint density at radius 1 is 0.106 bits per heavy atom. The van der Waals surface area contributed by atoms with Crippen molar-refractivity contribution in [3.8, 4) is 0 Å². The minimum Gasteiger partial charge on any atom is 3.00 e. The molecule has 0 amide bonds. The molecule has 0 heterocycles. The summed E-state index contributed by atoms with van der Waals surface area (Å²) >= 11 is 1.86. The van der Waals surface area contributed by atoms with Crippen molar-refractivity contribution in [2.45, 2.75) is 5.05 Å². The number of hydrogen-bond acceptors (Lipinski definition) is 0.